The summed E-state index contributed by atoms with van der Waals surface area (Å²) in [5, 5.41) is 18.1. The van der Waals surface area contributed by atoms with Crippen LogP contribution in [0.2, 0.25) is 0 Å². The molecule has 0 aromatic carbocycles. The van der Waals surface area contributed by atoms with Crippen LogP contribution >= 0.6 is 0 Å². The Morgan fingerprint density at radius 2 is 1.40 bits per heavy atom. The first-order chi connectivity index (χ1) is 9.42. The van der Waals surface area contributed by atoms with Gasteiger partial charge < -0.3 is 15.0 Å². The van der Waals surface area contributed by atoms with Gasteiger partial charge in [-0.3, -0.25) is 9.59 Å². The minimum Gasteiger partial charge on any atom is -0.481 e. The molecule has 0 aliphatic heterocycles. The highest BCUT2D eigenvalue weighted by atomic mass is 16.4. The molecule has 2 N–H and O–H groups in total. The Bertz CT molecular complexity index is 313. The van der Waals surface area contributed by atoms with E-state index in [2.05, 4.69) is 0 Å². The summed E-state index contributed by atoms with van der Waals surface area (Å²) in [6, 6.07) is 0. The molecule has 116 valence electrons. The summed E-state index contributed by atoms with van der Waals surface area (Å²) < 4.78 is 0. The van der Waals surface area contributed by atoms with Crippen molar-refractivity contribution in [2.75, 3.05) is 0 Å². The number of rotatable bonds is 12. The van der Waals surface area contributed by atoms with Gasteiger partial charge in [-0.1, -0.05) is 26.7 Å². The van der Waals surface area contributed by atoms with E-state index in [4.69, 9.17) is 10.2 Å². The van der Waals surface area contributed by atoms with Gasteiger partial charge in [0.05, 0.1) is 11.8 Å². The van der Waals surface area contributed by atoms with E-state index in [1.807, 2.05) is 13.8 Å². The van der Waals surface area contributed by atoms with Gasteiger partial charge in [0.25, 0.3) is 0 Å². The first-order valence-electron chi connectivity index (χ1n) is 7.33. The van der Waals surface area contributed by atoms with E-state index in [0.29, 0.717) is 44.9 Å². The fourth-order valence-corrected chi connectivity index (χ4v) is 2.26. The molecule has 5 heteroatoms. The van der Waals surface area contributed by atoms with Crippen molar-refractivity contribution in [1.29, 1.82) is 0 Å². The molecule has 0 amide bonds. The minimum absolute atomic E-state index is 0.0269. The molecule has 0 aromatic rings. The number of aliphatic carboxylic acids is 2. The van der Waals surface area contributed by atoms with E-state index < -0.39 is 17.9 Å². The Hall–Kier alpha value is -1.39. The van der Waals surface area contributed by atoms with Gasteiger partial charge in [-0.2, -0.15) is 0 Å². The quantitative estimate of drug-likeness (QED) is 0.538. The van der Waals surface area contributed by atoms with Gasteiger partial charge in [0.1, 0.15) is 6.29 Å². The molecule has 0 bridgehead atoms. The third kappa shape index (κ3) is 7.92. The molecule has 0 saturated carbocycles. The molecule has 20 heavy (non-hydrogen) atoms. The number of carbonyl (C=O) groups excluding carboxylic acids is 1. The number of hydrogen-bond donors (Lipinski definition) is 2. The van der Waals surface area contributed by atoms with Crippen LogP contribution in [-0.2, 0) is 14.4 Å². The summed E-state index contributed by atoms with van der Waals surface area (Å²) in [6.45, 7) is 3.65. The van der Waals surface area contributed by atoms with Gasteiger partial charge in [-0.05, 0) is 32.1 Å². The molecular weight excluding hydrogens is 260 g/mol. The van der Waals surface area contributed by atoms with E-state index in [9.17, 15) is 14.4 Å². The average molecular weight is 286 g/mol. The van der Waals surface area contributed by atoms with Crippen molar-refractivity contribution in [3.63, 3.8) is 0 Å². The van der Waals surface area contributed by atoms with Crippen molar-refractivity contribution >= 4 is 18.2 Å². The second-order valence-electron chi connectivity index (χ2n) is 5.45. The predicted molar refractivity (Wildman–Crippen MR) is 75.5 cm³/mol. The minimum atomic E-state index is -0.827. The lowest BCUT2D eigenvalue weighted by Gasteiger charge is -2.14. The van der Waals surface area contributed by atoms with Crippen LogP contribution < -0.4 is 0 Å². The van der Waals surface area contributed by atoms with E-state index in [1.165, 1.54) is 0 Å². The molecule has 0 fully saturated rings. The largest absolute Gasteiger partial charge is 0.481 e. The van der Waals surface area contributed by atoms with E-state index in [0.717, 1.165) is 6.29 Å². The Labute approximate surface area is 120 Å². The zero-order chi connectivity index (χ0) is 15.5. The fourth-order valence-electron chi connectivity index (χ4n) is 2.26. The fraction of sp³-hybridized carbons (Fsp3) is 0.800. The molecule has 3 unspecified atom stereocenters. The lowest BCUT2D eigenvalue weighted by atomic mass is 9.91. The number of aldehydes is 1. The van der Waals surface area contributed by atoms with E-state index in [1.54, 1.807) is 0 Å². The molecule has 0 aromatic heterocycles. The van der Waals surface area contributed by atoms with Crippen molar-refractivity contribution in [2.24, 2.45) is 17.8 Å². The van der Waals surface area contributed by atoms with Gasteiger partial charge in [-0.15, -0.1) is 0 Å². The standard InChI is InChI=1S/C15H26O5/c1-3-12(14(17)18)7-5-9-13(15(19)20)8-4-6-11(2)10-16/h10-13H,3-9H2,1-2H3,(H,17,18)(H,19,20). The molecule has 0 spiro atoms. The topological polar surface area (TPSA) is 91.7 Å². The molecule has 0 saturated heterocycles. The highest BCUT2D eigenvalue weighted by molar-refractivity contribution is 5.70. The summed E-state index contributed by atoms with van der Waals surface area (Å²) in [4.78, 5) is 32.5. The van der Waals surface area contributed by atoms with Crippen molar-refractivity contribution in [3.8, 4) is 0 Å². The maximum Gasteiger partial charge on any atom is 0.306 e. The summed E-state index contributed by atoms with van der Waals surface area (Å²) >= 11 is 0. The Morgan fingerprint density at radius 3 is 1.80 bits per heavy atom. The van der Waals surface area contributed by atoms with Crippen LogP contribution in [0.25, 0.3) is 0 Å². The number of carboxylic acid groups (broad SMARTS) is 2. The third-order valence-electron chi connectivity index (χ3n) is 3.74. The van der Waals surface area contributed by atoms with Crippen LogP contribution in [0.3, 0.4) is 0 Å². The first kappa shape index (κ1) is 18.6. The molecule has 0 aliphatic carbocycles. The van der Waals surface area contributed by atoms with Crippen LogP contribution in [0.5, 0.6) is 0 Å². The molecule has 3 atom stereocenters. The maximum atomic E-state index is 11.1. The second-order valence-corrected chi connectivity index (χ2v) is 5.45. The number of hydrogen-bond acceptors (Lipinski definition) is 3. The predicted octanol–water partition coefficient (Wildman–Crippen LogP) is 2.97. The van der Waals surface area contributed by atoms with E-state index >= 15 is 0 Å². The lowest BCUT2D eigenvalue weighted by molar-refractivity contribution is -0.142. The van der Waals surface area contributed by atoms with Crippen molar-refractivity contribution < 1.29 is 24.6 Å². The summed E-state index contributed by atoms with van der Waals surface area (Å²) in [7, 11) is 0. The Kier molecular flexibility index (Phi) is 9.68. The molecule has 0 heterocycles. The molecule has 0 radical (unpaired) electrons. The highest BCUT2D eigenvalue weighted by Crippen LogP contribution is 2.21. The molecule has 0 aliphatic rings. The van der Waals surface area contributed by atoms with Gasteiger partial charge in [0.2, 0.25) is 0 Å². The normalized spacial score (nSPS) is 15.3. The molecular formula is C15H26O5. The molecule has 0 rings (SSSR count). The summed E-state index contributed by atoms with van der Waals surface area (Å²) in [5.74, 6) is -2.47. The monoisotopic (exact) mass is 286 g/mol. The third-order valence-corrected chi connectivity index (χ3v) is 3.74. The zero-order valence-corrected chi connectivity index (χ0v) is 12.4. The first-order valence-corrected chi connectivity index (χ1v) is 7.33. The Balaban J connectivity index is 4.05. The van der Waals surface area contributed by atoms with E-state index in [-0.39, 0.29) is 11.8 Å². The van der Waals surface area contributed by atoms with Gasteiger partial charge in [0.15, 0.2) is 0 Å². The van der Waals surface area contributed by atoms with Crippen molar-refractivity contribution in [2.45, 2.75) is 58.8 Å². The SMILES string of the molecule is CCC(CCCC(CCCC(C)C=O)C(=O)O)C(=O)O. The molecule has 5 nitrogen and oxygen atoms in total. The average Bonchev–Trinajstić information content (AvgIpc) is 2.40. The number of carboxylic acids is 2. The van der Waals surface area contributed by atoms with Crippen molar-refractivity contribution in [3.05, 3.63) is 0 Å². The van der Waals surface area contributed by atoms with Crippen LogP contribution in [-0.4, -0.2) is 28.4 Å². The smallest absolute Gasteiger partial charge is 0.306 e. The number of carbonyl (C=O) groups is 3. The van der Waals surface area contributed by atoms with Crippen LogP contribution in [0.1, 0.15) is 58.8 Å². The summed E-state index contributed by atoms with van der Waals surface area (Å²) in [5.41, 5.74) is 0. The van der Waals surface area contributed by atoms with Crippen LogP contribution in [0.4, 0.5) is 0 Å². The second kappa shape index (κ2) is 10.4. The summed E-state index contributed by atoms with van der Waals surface area (Å²) in [6.07, 6.45) is 5.09. The zero-order valence-electron chi connectivity index (χ0n) is 12.4. The lowest BCUT2D eigenvalue weighted by Crippen LogP contribution is -2.16. The van der Waals surface area contributed by atoms with Gasteiger partial charge in [-0.25, -0.2) is 0 Å². The van der Waals surface area contributed by atoms with Crippen LogP contribution in [0, 0.1) is 17.8 Å². The maximum absolute atomic E-state index is 11.1. The van der Waals surface area contributed by atoms with Gasteiger partial charge >= 0.3 is 11.9 Å². The Morgan fingerprint density at radius 1 is 0.950 bits per heavy atom. The van der Waals surface area contributed by atoms with Gasteiger partial charge in [0, 0.05) is 5.92 Å². The van der Waals surface area contributed by atoms with Crippen molar-refractivity contribution in [1.82, 2.24) is 0 Å². The highest BCUT2D eigenvalue weighted by Gasteiger charge is 2.20. The van der Waals surface area contributed by atoms with Crippen LogP contribution in [0.15, 0.2) is 0 Å².